The summed E-state index contributed by atoms with van der Waals surface area (Å²) >= 11 is 0. The van der Waals surface area contributed by atoms with Crippen molar-refractivity contribution in [2.75, 3.05) is 18.0 Å². The fourth-order valence-corrected chi connectivity index (χ4v) is 2.71. The molecule has 17 heavy (non-hydrogen) atoms. The van der Waals surface area contributed by atoms with Crippen molar-refractivity contribution in [2.24, 2.45) is 5.73 Å². The van der Waals surface area contributed by atoms with Crippen molar-refractivity contribution in [3.05, 3.63) is 42.5 Å². The number of hydrogen-bond acceptors (Lipinski definition) is 2. The van der Waals surface area contributed by atoms with E-state index in [-0.39, 0.29) is 0 Å². The molecule has 2 heteroatoms. The number of fused-ring (bicyclic) bond motifs is 1. The first-order valence-electron chi connectivity index (χ1n) is 6.33. The van der Waals surface area contributed by atoms with Gasteiger partial charge in [-0.15, -0.1) is 0 Å². The second-order valence-corrected chi connectivity index (χ2v) is 4.85. The molecule has 1 saturated heterocycles. The van der Waals surface area contributed by atoms with Crippen LogP contribution in [0.1, 0.15) is 12.8 Å². The largest absolute Gasteiger partial charge is 0.369 e. The summed E-state index contributed by atoms with van der Waals surface area (Å²) in [5, 5.41) is 2.65. The Hall–Kier alpha value is -1.54. The maximum absolute atomic E-state index is 6.06. The molecule has 2 aromatic rings. The fraction of sp³-hybridized carbons (Fsp3) is 0.333. The van der Waals surface area contributed by atoms with Crippen molar-refractivity contribution in [1.82, 2.24) is 0 Å². The van der Waals surface area contributed by atoms with Crippen LogP contribution in [0.25, 0.3) is 10.8 Å². The summed E-state index contributed by atoms with van der Waals surface area (Å²) < 4.78 is 0. The third kappa shape index (κ3) is 2.01. The third-order valence-electron chi connectivity index (χ3n) is 3.57. The summed E-state index contributed by atoms with van der Waals surface area (Å²) in [6.07, 6.45) is 2.35. The van der Waals surface area contributed by atoms with E-state index in [0.29, 0.717) is 6.04 Å². The first-order chi connectivity index (χ1) is 8.34. The highest BCUT2D eigenvalue weighted by atomic mass is 15.1. The minimum absolute atomic E-state index is 0.322. The molecule has 1 heterocycles. The molecular formula is C15H18N2. The van der Waals surface area contributed by atoms with Gasteiger partial charge in [0.1, 0.15) is 0 Å². The van der Waals surface area contributed by atoms with Gasteiger partial charge in [-0.2, -0.15) is 0 Å². The normalized spacial score (nSPS) is 20.8. The van der Waals surface area contributed by atoms with Crippen LogP contribution >= 0.6 is 0 Å². The number of anilines is 1. The Bertz CT molecular complexity index is 516. The van der Waals surface area contributed by atoms with Gasteiger partial charge in [0.25, 0.3) is 0 Å². The number of nitrogens with two attached hydrogens (primary N) is 1. The summed E-state index contributed by atoms with van der Waals surface area (Å²) in [5.74, 6) is 0. The monoisotopic (exact) mass is 226 g/mol. The Morgan fingerprint density at radius 1 is 1.06 bits per heavy atom. The Kier molecular flexibility index (Phi) is 2.73. The summed E-state index contributed by atoms with van der Waals surface area (Å²) in [6, 6.07) is 15.4. The second-order valence-electron chi connectivity index (χ2n) is 4.85. The molecule has 2 aromatic carbocycles. The van der Waals surface area contributed by atoms with E-state index >= 15 is 0 Å². The molecule has 1 atom stereocenters. The topological polar surface area (TPSA) is 29.3 Å². The average molecular weight is 226 g/mol. The van der Waals surface area contributed by atoms with Crippen LogP contribution < -0.4 is 10.6 Å². The van der Waals surface area contributed by atoms with E-state index in [1.807, 2.05) is 0 Å². The van der Waals surface area contributed by atoms with Gasteiger partial charge in [-0.25, -0.2) is 0 Å². The quantitative estimate of drug-likeness (QED) is 0.810. The minimum Gasteiger partial charge on any atom is -0.369 e. The standard InChI is InChI=1S/C15H18N2/c16-13-7-4-10-17(11-13)15-9-3-6-12-5-1-2-8-14(12)15/h1-3,5-6,8-9,13H,4,7,10-11,16H2. The van der Waals surface area contributed by atoms with E-state index in [2.05, 4.69) is 47.4 Å². The predicted octanol–water partition coefficient (Wildman–Crippen LogP) is 2.77. The average Bonchev–Trinajstić information content (AvgIpc) is 2.38. The lowest BCUT2D eigenvalue weighted by molar-refractivity contribution is 0.507. The molecule has 3 rings (SSSR count). The van der Waals surface area contributed by atoms with Gasteiger partial charge >= 0.3 is 0 Å². The van der Waals surface area contributed by atoms with Gasteiger partial charge in [-0.3, -0.25) is 0 Å². The summed E-state index contributed by atoms with van der Waals surface area (Å²) in [6.45, 7) is 2.11. The Morgan fingerprint density at radius 3 is 2.76 bits per heavy atom. The molecule has 1 unspecified atom stereocenters. The highest BCUT2D eigenvalue weighted by Crippen LogP contribution is 2.28. The Morgan fingerprint density at radius 2 is 1.88 bits per heavy atom. The second kappa shape index (κ2) is 4.38. The van der Waals surface area contributed by atoms with E-state index in [9.17, 15) is 0 Å². The van der Waals surface area contributed by atoms with E-state index in [4.69, 9.17) is 5.73 Å². The maximum atomic E-state index is 6.06. The Balaban J connectivity index is 2.04. The molecule has 0 amide bonds. The molecular weight excluding hydrogens is 208 g/mol. The van der Waals surface area contributed by atoms with Crippen molar-refractivity contribution < 1.29 is 0 Å². The smallest absolute Gasteiger partial charge is 0.0446 e. The van der Waals surface area contributed by atoms with Gasteiger partial charge in [0.2, 0.25) is 0 Å². The van der Waals surface area contributed by atoms with Gasteiger partial charge in [0.05, 0.1) is 0 Å². The van der Waals surface area contributed by atoms with E-state index in [1.165, 1.54) is 22.9 Å². The van der Waals surface area contributed by atoms with Crippen molar-refractivity contribution in [3.63, 3.8) is 0 Å². The molecule has 0 aromatic heterocycles. The summed E-state index contributed by atoms with van der Waals surface area (Å²) in [7, 11) is 0. The lowest BCUT2D eigenvalue weighted by atomic mass is 10.0. The van der Waals surface area contributed by atoms with E-state index < -0.39 is 0 Å². The van der Waals surface area contributed by atoms with Gasteiger partial charge in [0, 0.05) is 30.2 Å². The van der Waals surface area contributed by atoms with Crippen LogP contribution in [0.15, 0.2) is 42.5 Å². The summed E-state index contributed by atoms with van der Waals surface area (Å²) in [4.78, 5) is 2.43. The fourth-order valence-electron chi connectivity index (χ4n) is 2.71. The number of nitrogens with zero attached hydrogens (tertiary/aromatic N) is 1. The van der Waals surface area contributed by atoms with Crippen LogP contribution in [0.5, 0.6) is 0 Å². The zero-order valence-electron chi connectivity index (χ0n) is 9.97. The minimum atomic E-state index is 0.322. The molecule has 0 radical (unpaired) electrons. The van der Waals surface area contributed by atoms with Crippen molar-refractivity contribution in [3.8, 4) is 0 Å². The van der Waals surface area contributed by atoms with Crippen LogP contribution in [-0.2, 0) is 0 Å². The maximum Gasteiger partial charge on any atom is 0.0446 e. The molecule has 1 aliphatic rings. The van der Waals surface area contributed by atoms with Gasteiger partial charge < -0.3 is 10.6 Å². The number of benzene rings is 2. The van der Waals surface area contributed by atoms with Crippen molar-refractivity contribution in [1.29, 1.82) is 0 Å². The van der Waals surface area contributed by atoms with E-state index in [1.54, 1.807) is 0 Å². The molecule has 0 spiro atoms. The van der Waals surface area contributed by atoms with E-state index in [0.717, 1.165) is 19.5 Å². The molecule has 0 aliphatic carbocycles. The number of hydrogen-bond donors (Lipinski definition) is 1. The predicted molar refractivity (Wildman–Crippen MR) is 73.4 cm³/mol. The lowest BCUT2D eigenvalue weighted by Gasteiger charge is -2.33. The number of rotatable bonds is 1. The van der Waals surface area contributed by atoms with Crippen molar-refractivity contribution >= 4 is 16.5 Å². The SMILES string of the molecule is NC1CCCN(c2cccc3ccccc23)C1. The van der Waals surface area contributed by atoms with Crippen LogP contribution in [0.4, 0.5) is 5.69 Å². The molecule has 1 aliphatic heterocycles. The molecule has 88 valence electrons. The molecule has 0 saturated carbocycles. The molecule has 0 bridgehead atoms. The Labute approximate surface area is 102 Å². The highest BCUT2D eigenvalue weighted by Gasteiger charge is 2.18. The molecule has 2 nitrogen and oxygen atoms in total. The molecule has 1 fully saturated rings. The van der Waals surface area contributed by atoms with Crippen LogP contribution in [-0.4, -0.2) is 19.1 Å². The lowest BCUT2D eigenvalue weighted by Crippen LogP contribution is -2.42. The highest BCUT2D eigenvalue weighted by molar-refractivity contribution is 5.94. The van der Waals surface area contributed by atoms with Gasteiger partial charge in [-0.05, 0) is 24.3 Å². The first-order valence-corrected chi connectivity index (χ1v) is 6.33. The van der Waals surface area contributed by atoms with Crippen LogP contribution in [0, 0.1) is 0 Å². The number of piperidine rings is 1. The first kappa shape index (κ1) is 10.6. The van der Waals surface area contributed by atoms with Crippen molar-refractivity contribution in [2.45, 2.75) is 18.9 Å². The van der Waals surface area contributed by atoms with Crippen LogP contribution in [0.3, 0.4) is 0 Å². The summed E-state index contributed by atoms with van der Waals surface area (Å²) in [5.41, 5.74) is 7.40. The van der Waals surface area contributed by atoms with Gasteiger partial charge in [0.15, 0.2) is 0 Å². The van der Waals surface area contributed by atoms with Gasteiger partial charge in [-0.1, -0.05) is 36.4 Å². The zero-order valence-corrected chi connectivity index (χ0v) is 9.97. The van der Waals surface area contributed by atoms with Crippen LogP contribution in [0.2, 0.25) is 0 Å². The zero-order chi connectivity index (χ0) is 11.7. The third-order valence-corrected chi connectivity index (χ3v) is 3.57. The molecule has 2 N–H and O–H groups in total.